The average Bonchev–Trinajstić information content (AvgIpc) is 2.25. The van der Waals surface area contributed by atoms with Gasteiger partial charge in [0, 0.05) is 6.54 Å². The molecule has 0 aliphatic rings. The maximum absolute atomic E-state index is 11.0. The van der Waals surface area contributed by atoms with Crippen molar-refractivity contribution in [1.82, 2.24) is 5.32 Å². The predicted octanol–water partition coefficient (Wildman–Crippen LogP) is 3.29. The molecule has 0 fully saturated rings. The highest BCUT2D eigenvalue weighted by Gasteiger charge is 2.07. The largest absolute Gasteiger partial charge is 0.352 e. The molecule has 0 spiro atoms. The maximum atomic E-state index is 11.0. The van der Waals surface area contributed by atoms with Crippen LogP contribution in [0.5, 0.6) is 0 Å². The smallest absolute Gasteiger partial charge is 0.243 e. The number of carbonyl (C=O) groups excluding carboxylic acids is 1. The van der Waals surface area contributed by atoms with Crippen LogP contribution in [0.1, 0.15) is 52.4 Å². The van der Waals surface area contributed by atoms with Gasteiger partial charge in [-0.15, -0.1) is 0 Å². The van der Waals surface area contributed by atoms with E-state index in [1.54, 1.807) is 0 Å². The molecular weight excluding hydrogens is 186 g/mol. The van der Waals surface area contributed by atoms with Gasteiger partial charge in [-0.2, -0.15) is 0 Å². The number of carbonyl (C=O) groups is 1. The van der Waals surface area contributed by atoms with Gasteiger partial charge in [0.1, 0.15) is 0 Å². The SMILES string of the molecule is C=CC(=O)NCC(CCC)CCCCC. The molecule has 2 heteroatoms. The lowest BCUT2D eigenvalue weighted by molar-refractivity contribution is -0.116. The second-order valence-corrected chi connectivity index (χ2v) is 4.10. The first-order valence-corrected chi connectivity index (χ1v) is 6.14. The van der Waals surface area contributed by atoms with Crippen LogP contribution in [-0.4, -0.2) is 12.5 Å². The molecule has 0 aromatic heterocycles. The molecule has 0 radical (unpaired) electrons. The highest BCUT2D eigenvalue weighted by molar-refractivity contribution is 5.86. The van der Waals surface area contributed by atoms with Crippen LogP contribution >= 0.6 is 0 Å². The monoisotopic (exact) mass is 211 g/mol. The van der Waals surface area contributed by atoms with Gasteiger partial charge in [0.2, 0.25) is 5.91 Å². The van der Waals surface area contributed by atoms with Gasteiger partial charge in [0.15, 0.2) is 0 Å². The summed E-state index contributed by atoms with van der Waals surface area (Å²) in [6, 6.07) is 0. The number of rotatable bonds is 9. The van der Waals surface area contributed by atoms with E-state index in [0.717, 1.165) is 6.54 Å². The van der Waals surface area contributed by atoms with Crippen molar-refractivity contribution in [2.24, 2.45) is 5.92 Å². The van der Waals surface area contributed by atoms with Gasteiger partial charge >= 0.3 is 0 Å². The molecular formula is C13H25NO. The van der Waals surface area contributed by atoms with Crippen LogP contribution in [0, 0.1) is 5.92 Å². The minimum absolute atomic E-state index is 0.0494. The van der Waals surface area contributed by atoms with Crippen molar-refractivity contribution in [2.75, 3.05) is 6.54 Å². The Morgan fingerprint density at radius 3 is 2.53 bits per heavy atom. The summed E-state index contributed by atoms with van der Waals surface area (Å²) in [6.45, 7) is 8.67. The fraction of sp³-hybridized carbons (Fsp3) is 0.769. The van der Waals surface area contributed by atoms with Crippen LogP contribution in [0.3, 0.4) is 0 Å². The van der Waals surface area contributed by atoms with E-state index < -0.39 is 0 Å². The van der Waals surface area contributed by atoms with Crippen LogP contribution in [0.15, 0.2) is 12.7 Å². The van der Waals surface area contributed by atoms with Gasteiger partial charge in [-0.3, -0.25) is 4.79 Å². The molecule has 1 atom stereocenters. The summed E-state index contributed by atoms with van der Waals surface area (Å²) in [5.74, 6) is 0.594. The Kier molecular flexibility index (Phi) is 9.24. The van der Waals surface area contributed by atoms with Gasteiger partial charge in [-0.05, 0) is 24.8 Å². The number of hydrogen-bond acceptors (Lipinski definition) is 1. The van der Waals surface area contributed by atoms with Crippen LogP contribution < -0.4 is 5.32 Å². The number of hydrogen-bond donors (Lipinski definition) is 1. The molecule has 88 valence electrons. The van der Waals surface area contributed by atoms with Crippen LogP contribution in [-0.2, 0) is 4.79 Å². The summed E-state index contributed by atoms with van der Waals surface area (Å²) in [7, 11) is 0. The van der Waals surface area contributed by atoms with Gasteiger partial charge in [0.05, 0.1) is 0 Å². The lowest BCUT2D eigenvalue weighted by atomic mass is 9.96. The Morgan fingerprint density at radius 1 is 1.27 bits per heavy atom. The number of nitrogens with one attached hydrogen (secondary N) is 1. The molecule has 1 unspecified atom stereocenters. The van der Waals surface area contributed by atoms with Crippen molar-refractivity contribution >= 4 is 5.91 Å². The molecule has 0 aromatic rings. The minimum atomic E-state index is -0.0494. The molecule has 0 heterocycles. The Labute approximate surface area is 94.1 Å². The van der Waals surface area contributed by atoms with E-state index in [2.05, 4.69) is 25.7 Å². The van der Waals surface area contributed by atoms with Gasteiger partial charge in [-0.1, -0.05) is 46.1 Å². The molecule has 0 aromatic carbocycles. The van der Waals surface area contributed by atoms with Gasteiger partial charge < -0.3 is 5.32 Å². The van der Waals surface area contributed by atoms with E-state index >= 15 is 0 Å². The summed E-state index contributed by atoms with van der Waals surface area (Å²) < 4.78 is 0. The molecule has 0 saturated carbocycles. The third kappa shape index (κ3) is 8.22. The molecule has 0 rings (SSSR count). The van der Waals surface area contributed by atoms with E-state index in [0.29, 0.717) is 5.92 Å². The average molecular weight is 211 g/mol. The lowest BCUT2D eigenvalue weighted by Crippen LogP contribution is -2.27. The van der Waals surface area contributed by atoms with E-state index in [1.165, 1.54) is 44.6 Å². The summed E-state index contributed by atoms with van der Waals surface area (Å²) in [5.41, 5.74) is 0. The maximum Gasteiger partial charge on any atom is 0.243 e. The van der Waals surface area contributed by atoms with Crippen molar-refractivity contribution in [3.05, 3.63) is 12.7 Å². The van der Waals surface area contributed by atoms with Crippen molar-refractivity contribution in [2.45, 2.75) is 52.4 Å². The Morgan fingerprint density at radius 2 is 2.00 bits per heavy atom. The molecule has 0 aliphatic carbocycles. The van der Waals surface area contributed by atoms with Crippen molar-refractivity contribution in [3.63, 3.8) is 0 Å². The Balaban J connectivity index is 3.71. The normalized spacial score (nSPS) is 12.1. The van der Waals surface area contributed by atoms with Gasteiger partial charge in [-0.25, -0.2) is 0 Å². The first-order valence-electron chi connectivity index (χ1n) is 6.14. The van der Waals surface area contributed by atoms with Crippen LogP contribution in [0.25, 0.3) is 0 Å². The second kappa shape index (κ2) is 9.75. The zero-order chi connectivity index (χ0) is 11.5. The van der Waals surface area contributed by atoms with Crippen molar-refractivity contribution < 1.29 is 4.79 Å². The summed E-state index contributed by atoms with van der Waals surface area (Å²) in [6.07, 6.45) is 8.83. The number of amides is 1. The topological polar surface area (TPSA) is 29.1 Å². The molecule has 2 nitrogen and oxygen atoms in total. The van der Waals surface area contributed by atoms with Crippen LogP contribution in [0.4, 0.5) is 0 Å². The zero-order valence-electron chi connectivity index (χ0n) is 10.2. The molecule has 1 amide bonds. The zero-order valence-corrected chi connectivity index (χ0v) is 10.2. The standard InChI is InChI=1S/C13H25NO/c1-4-7-8-10-12(9-5-2)11-14-13(15)6-3/h6,12H,3-5,7-11H2,1-2H3,(H,14,15). The first-order chi connectivity index (χ1) is 7.24. The van der Waals surface area contributed by atoms with Crippen LogP contribution in [0.2, 0.25) is 0 Å². The van der Waals surface area contributed by atoms with Crippen molar-refractivity contribution in [3.8, 4) is 0 Å². The number of unbranched alkanes of at least 4 members (excludes halogenated alkanes) is 2. The lowest BCUT2D eigenvalue weighted by Gasteiger charge is -2.16. The summed E-state index contributed by atoms with van der Waals surface area (Å²) in [4.78, 5) is 11.0. The third-order valence-corrected chi connectivity index (χ3v) is 2.66. The molecule has 15 heavy (non-hydrogen) atoms. The minimum Gasteiger partial charge on any atom is -0.352 e. The molecule has 0 saturated heterocycles. The Bertz CT molecular complexity index is 177. The van der Waals surface area contributed by atoms with E-state index in [-0.39, 0.29) is 5.91 Å². The van der Waals surface area contributed by atoms with E-state index in [9.17, 15) is 4.79 Å². The first kappa shape index (κ1) is 14.2. The predicted molar refractivity (Wildman–Crippen MR) is 65.7 cm³/mol. The van der Waals surface area contributed by atoms with E-state index in [1.807, 2.05) is 0 Å². The third-order valence-electron chi connectivity index (χ3n) is 2.66. The quantitative estimate of drug-likeness (QED) is 0.460. The molecule has 1 N–H and O–H groups in total. The molecule has 0 aliphatic heterocycles. The highest BCUT2D eigenvalue weighted by atomic mass is 16.1. The van der Waals surface area contributed by atoms with E-state index in [4.69, 9.17) is 0 Å². The van der Waals surface area contributed by atoms with Crippen molar-refractivity contribution in [1.29, 1.82) is 0 Å². The summed E-state index contributed by atoms with van der Waals surface area (Å²) in [5, 5.41) is 2.89. The fourth-order valence-corrected chi connectivity index (χ4v) is 1.76. The summed E-state index contributed by atoms with van der Waals surface area (Å²) >= 11 is 0. The molecule has 0 bridgehead atoms. The highest BCUT2D eigenvalue weighted by Crippen LogP contribution is 2.14. The Hall–Kier alpha value is -0.790. The second-order valence-electron chi connectivity index (χ2n) is 4.10. The van der Waals surface area contributed by atoms with Gasteiger partial charge in [0.25, 0.3) is 0 Å². The fourth-order valence-electron chi connectivity index (χ4n) is 1.76.